The van der Waals surface area contributed by atoms with E-state index in [1.165, 1.54) is 4.88 Å². The van der Waals surface area contributed by atoms with Crippen LogP contribution in [-0.4, -0.2) is 41.5 Å². The van der Waals surface area contributed by atoms with Gasteiger partial charge in [0.05, 0.1) is 11.8 Å². The van der Waals surface area contributed by atoms with Crippen LogP contribution in [0.1, 0.15) is 34.5 Å². The van der Waals surface area contributed by atoms with Crippen molar-refractivity contribution < 1.29 is 4.79 Å². The van der Waals surface area contributed by atoms with Crippen molar-refractivity contribution in [3.05, 3.63) is 59.1 Å². The fourth-order valence-electron chi connectivity index (χ4n) is 3.85. The molecule has 1 N–H and O–H groups in total. The Kier molecular flexibility index (Phi) is 5.11. The lowest BCUT2D eigenvalue weighted by molar-refractivity contribution is 0.0921. The zero-order valence-electron chi connectivity index (χ0n) is 17.4. The average molecular weight is 434 g/mol. The highest BCUT2D eigenvalue weighted by atomic mass is 32.1. The zero-order chi connectivity index (χ0) is 21.4. The molecule has 1 amide bonds. The summed E-state index contributed by atoms with van der Waals surface area (Å²) in [6.07, 6.45) is 5.97. The first kappa shape index (κ1) is 19.6. The summed E-state index contributed by atoms with van der Waals surface area (Å²) in [7, 11) is 1.79. The Labute approximate surface area is 184 Å². The smallest absolute Gasteiger partial charge is 0.270 e. The van der Waals surface area contributed by atoms with E-state index >= 15 is 0 Å². The molecular weight excluding hydrogens is 410 g/mol. The second-order valence-corrected chi connectivity index (χ2v) is 8.73. The summed E-state index contributed by atoms with van der Waals surface area (Å²) >= 11 is 1.60. The van der Waals surface area contributed by atoms with Crippen LogP contribution in [0.15, 0.2) is 42.7 Å². The van der Waals surface area contributed by atoms with E-state index in [0.717, 1.165) is 47.2 Å². The molecule has 5 rings (SSSR count). The van der Waals surface area contributed by atoms with E-state index in [1.807, 2.05) is 41.2 Å². The Bertz CT molecular complexity index is 1220. The van der Waals surface area contributed by atoms with Crippen molar-refractivity contribution in [1.29, 1.82) is 0 Å². The Balaban J connectivity index is 1.34. The van der Waals surface area contributed by atoms with Gasteiger partial charge in [-0.25, -0.2) is 14.6 Å². The summed E-state index contributed by atoms with van der Waals surface area (Å²) in [5.41, 5.74) is 2.31. The number of nitrogens with one attached hydrogen (secondary N) is 1. The molecule has 0 aliphatic carbocycles. The summed E-state index contributed by atoms with van der Waals surface area (Å²) in [5.74, 6) is 1.49. The van der Waals surface area contributed by atoms with Gasteiger partial charge in [-0.3, -0.25) is 9.48 Å². The standard InChI is InChI=1S/C22H23N7OS/c1-3-16-12-23-22(31-16)17-13-24-28(2)19(17)21(30)25-15-9-10-29-18(11-15)26-20(27-29)14-7-5-4-6-8-14/h4-8,12-13,15H,3,9-11H2,1-2H3,(H,25,30). The molecule has 1 unspecified atom stereocenters. The van der Waals surface area contributed by atoms with Gasteiger partial charge >= 0.3 is 0 Å². The van der Waals surface area contributed by atoms with Crippen molar-refractivity contribution in [3.63, 3.8) is 0 Å². The van der Waals surface area contributed by atoms with Gasteiger partial charge in [-0.15, -0.1) is 11.3 Å². The van der Waals surface area contributed by atoms with Gasteiger partial charge in [0.25, 0.3) is 5.91 Å². The summed E-state index contributed by atoms with van der Waals surface area (Å²) in [6.45, 7) is 2.82. The van der Waals surface area contributed by atoms with E-state index in [1.54, 1.807) is 29.3 Å². The number of aromatic nitrogens is 6. The molecule has 1 aliphatic heterocycles. The van der Waals surface area contributed by atoms with Crippen molar-refractivity contribution in [2.24, 2.45) is 7.05 Å². The zero-order valence-corrected chi connectivity index (χ0v) is 18.3. The number of benzene rings is 1. The molecule has 0 spiro atoms. The Morgan fingerprint density at radius 2 is 2.10 bits per heavy atom. The van der Waals surface area contributed by atoms with Crippen LogP contribution in [0.3, 0.4) is 0 Å². The lowest BCUT2D eigenvalue weighted by Crippen LogP contribution is -2.41. The number of fused-ring (bicyclic) bond motifs is 1. The number of hydrogen-bond acceptors (Lipinski definition) is 6. The molecule has 1 atom stereocenters. The molecule has 0 saturated carbocycles. The predicted molar refractivity (Wildman–Crippen MR) is 119 cm³/mol. The van der Waals surface area contributed by atoms with Gasteiger partial charge in [-0.2, -0.15) is 10.2 Å². The number of amides is 1. The third-order valence-electron chi connectivity index (χ3n) is 5.52. The molecule has 0 saturated heterocycles. The average Bonchev–Trinajstić information content (AvgIpc) is 3.51. The van der Waals surface area contributed by atoms with Gasteiger partial charge < -0.3 is 5.32 Å². The second kappa shape index (κ2) is 8.07. The normalized spacial score (nSPS) is 15.6. The predicted octanol–water partition coefficient (Wildman–Crippen LogP) is 3.11. The number of aryl methyl sites for hydroxylation is 3. The number of carbonyl (C=O) groups is 1. The molecular formula is C22H23N7OS. The topological polar surface area (TPSA) is 90.5 Å². The molecule has 158 valence electrons. The highest BCUT2D eigenvalue weighted by molar-refractivity contribution is 7.15. The Morgan fingerprint density at radius 1 is 1.26 bits per heavy atom. The van der Waals surface area contributed by atoms with E-state index in [2.05, 4.69) is 27.4 Å². The second-order valence-electron chi connectivity index (χ2n) is 7.62. The van der Waals surface area contributed by atoms with Crippen molar-refractivity contribution in [2.75, 3.05) is 0 Å². The molecule has 3 aromatic heterocycles. The summed E-state index contributed by atoms with van der Waals surface area (Å²) in [6, 6.07) is 9.95. The highest BCUT2D eigenvalue weighted by Crippen LogP contribution is 2.28. The van der Waals surface area contributed by atoms with Crippen LogP contribution in [0.5, 0.6) is 0 Å². The quantitative estimate of drug-likeness (QED) is 0.522. The van der Waals surface area contributed by atoms with E-state index in [0.29, 0.717) is 12.1 Å². The van der Waals surface area contributed by atoms with Gasteiger partial charge in [-0.05, 0) is 12.8 Å². The third-order valence-corrected chi connectivity index (χ3v) is 6.70. The molecule has 0 fully saturated rings. The molecule has 1 aromatic carbocycles. The van der Waals surface area contributed by atoms with Gasteiger partial charge in [0.2, 0.25) is 0 Å². The maximum absolute atomic E-state index is 13.2. The van der Waals surface area contributed by atoms with Crippen LogP contribution in [0, 0.1) is 0 Å². The SMILES string of the molecule is CCc1cnc(-c2cnn(C)c2C(=O)NC2CCn3nc(-c4ccccc4)nc3C2)s1. The van der Waals surface area contributed by atoms with E-state index in [4.69, 9.17) is 4.98 Å². The minimum absolute atomic E-state index is 0.00179. The van der Waals surface area contributed by atoms with Gasteiger partial charge in [0.15, 0.2) is 5.82 Å². The number of carbonyl (C=O) groups excluding carboxylic acids is 1. The number of nitrogens with zero attached hydrogens (tertiary/aromatic N) is 6. The lowest BCUT2D eigenvalue weighted by Gasteiger charge is -2.23. The molecule has 0 bridgehead atoms. The van der Waals surface area contributed by atoms with Crippen molar-refractivity contribution >= 4 is 17.2 Å². The minimum atomic E-state index is -0.135. The van der Waals surface area contributed by atoms with Crippen LogP contribution < -0.4 is 5.32 Å². The first-order valence-electron chi connectivity index (χ1n) is 10.4. The summed E-state index contributed by atoms with van der Waals surface area (Å²) < 4.78 is 3.57. The number of thiazole rings is 1. The Morgan fingerprint density at radius 3 is 2.87 bits per heavy atom. The van der Waals surface area contributed by atoms with Crippen molar-refractivity contribution in [3.8, 4) is 22.0 Å². The van der Waals surface area contributed by atoms with E-state index < -0.39 is 0 Å². The first-order valence-corrected chi connectivity index (χ1v) is 11.2. The molecule has 1 aliphatic rings. The fraction of sp³-hybridized carbons (Fsp3) is 0.318. The Hall–Kier alpha value is -3.33. The minimum Gasteiger partial charge on any atom is -0.347 e. The van der Waals surface area contributed by atoms with Crippen LogP contribution in [0.2, 0.25) is 0 Å². The third kappa shape index (κ3) is 3.76. The fourth-order valence-corrected chi connectivity index (χ4v) is 4.71. The molecule has 31 heavy (non-hydrogen) atoms. The largest absolute Gasteiger partial charge is 0.347 e. The summed E-state index contributed by atoms with van der Waals surface area (Å²) in [5, 5.41) is 12.9. The van der Waals surface area contributed by atoms with Crippen LogP contribution in [-0.2, 0) is 26.4 Å². The highest BCUT2D eigenvalue weighted by Gasteiger charge is 2.27. The van der Waals surface area contributed by atoms with Crippen LogP contribution >= 0.6 is 11.3 Å². The lowest BCUT2D eigenvalue weighted by atomic mass is 10.1. The molecule has 0 radical (unpaired) electrons. The monoisotopic (exact) mass is 433 g/mol. The first-order chi connectivity index (χ1) is 15.1. The van der Waals surface area contributed by atoms with E-state index in [9.17, 15) is 4.79 Å². The number of hydrogen-bond donors (Lipinski definition) is 1. The maximum atomic E-state index is 13.2. The molecule has 9 heteroatoms. The van der Waals surface area contributed by atoms with Crippen LogP contribution in [0.25, 0.3) is 22.0 Å². The molecule has 8 nitrogen and oxygen atoms in total. The van der Waals surface area contributed by atoms with Crippen molar-refractivity contribution in [2.45, 2.75) is 38.8 Å². The van der Waals surface area contributed by atoms with Crippen molar-refractivity contribution in [1.82, 2.24) is 34.8 Å². The van der Waals surface area contributed by atoms with Crippen LogP contribution in [0.4, 0.5) is 0 Å². The van der Waals surface area contributed by atoms with Gasteiger partial charge in [0, 0.05) is 42.7 Å². The van der Waals surface area contributed by atoms with E-state index in [-0.39, 0.29) is 11.9 Å². The van der Waals surface area contributed by atoms with Gasteiger partial charge in [-0.1, -0.05) is 37.3 Å². The maximum Gasteiger partial charge on any atom is 0.270 e. The molecule has 4 heterocycles. The summed E-state index contributed by atoms with van der Waals surface area (Å²) in [4.78, 5) is 23.5. The van der Waals surface area contributed by atoms with Gasteiger partial charge in [0.1, 0.15) is 16.5 Å². The number of rotatable bonds is 5. The molecule has 4 aromatic rings.